The van der Waals surface area contributed by atoms with Crippen LogP contribution in [0.3, 0.4) is 0 Å². The standard InChI is InChI=1S/C25H18F3N3O4/c1-34-24(33)16-4-2-3-5-19(16)29-23(32)14-6-8-15(9-7-14)31-21-17-12-13-35-20(17)11-10-18(21)22(30-31)25(26,27)28/h2-9,12-13H,10-11H2,1H3,(H,29,32). The first kappa shape index (κ1) is 22.5. The van der Waals surface area contributed by atoms with E-state index in [1.54, 1.807) is 24.3 Å². The predicted molar refractivity (Wildman–Crippen MR) is 119 cm³/mol. The summed E-state index contributed by atoms with van der Waals surface area (Å²) in [6.45, 7) is 0. The number of benzene rings is 2. The van der Waals surface area contributed by atoms with E-state index in [2.05, 4.69) is 10.4 Å². The Bertz CT molecular complexity index is 1440. The third-order valence-electron chi connectivity index (χ3n) is 5.81. The van der Waals surface area contributed by atoms with E-state index in [0.29, 0.717) is 29.1 Å². The zero-order chi connectivity index (χ0) is 24.7. The molecule has 0 fully saturated rings. The second kappa shape index (κ2) is 8.46. The van der Waals surface area contributed by atoms with Gasteiger partial charge in [0.15, 0.2) is 5.69 Å². The monoisotopic (exact) mass is 481 g/mol. The molecule has 0 unspecified atom stereocenters. The Morgan fingerprint density at radius 1 is 1.06 bits per heavy atom. The van der Waals surface area contributed by atoms with Crippen LogP contribution in [0.25, 0.3) is 16.9 Å². The molecule has 5 rings (SSSR count). The number of anilines is 1. The van der Waals surface area contributed by atoms with Crippen molar-refractivity contribution in [2.24, 2.45) is 0 Å². The maximum Gasteiger partial charge on any atom is 0.435 e. The molecule has 2 aromatic carbocycles. The molecule has 2 aromatic heterocycles. The molecule has 1 amide bonds. The van der Waals surface area contributed by atoms with Crippen molar-refractivity contribution < 1.29 is 31.9 Å². The number of methoxy groups -OCH3 is 1. The number of amides is 1. The van der Waals surface area contributed by atoms with E-state index < -0.39 is 23.7 Å². The van der Waals surface area contributed by atoms with Crippen molar-refractivity contribution in [2.45, 2.75) is 19.0 Å². The van der Waals surface area contributed by atoms with Gasteiger partial charge in [-0.2, -0.15) is 18.3 Å². The number of hydrogen-bond acceptors (Lipinski definition) is 5. The summed E-state index contributed by atoms with van der Waals surface area (Å²) in [7, 11) is 1.24. The third-order valence-corrected chi connectivity index (χ3v) is 5.81. The maximum atomic E-state index is 13.7. The summed E-state index contributed by atoms with van der Waals surface area (Å²) in [6.07, 6.45) is -2.64. The fourth-order valence-electron chi connectivity index (χ4n) is 4.19. The molecule has 2 heterocycles. The van der Waals surface area contributed by atoms with Crippen molar-refractivity contribution in [2.75, 3.05) is 12.4 Å². The van der Waals surface area contributed by atoms with Crippen molar-refractivity contribution in [1.29, 1.82) is 0 Å². The highest BCUT2D eigenvalue weighted by molar-refractivity contribution is 6.08. The van der Waals surface area contributed by atoms with Gasteiger partial charge in [0.1, 0.15) is 5.76 Å². The van der Waals surface area contributed by atoms with E-state index >= 15 is 0 Å². The number of halogens is 3. The summed E-state index contributed by atoms with van der Waals surface area (Å²) in [5.41, 5.74) is 1.16. The smallest absolute Gasteiger partial charge is 0.435 e. The predicted octanol–water partition coefficient (Wildman–Crippen LogP) is 5.29. The lowest BCUT2D eigenvalue weighted by atomic mass is 9.94. The quantitative estimate of drug-likeness (QED) is 0.401. The van der Waals surface area contributed by atoms with Crippen molar-refractivity contribution in [3.63, 3.8) is 0 Å². The van der Waals surface area contributed by atoms with Gasteiger partial charge in [-0.15, -0.1) is 0 Å². The minimum absolute atomic E-state index is 0.118. The Kier molecular flexibility index (Phi) is 5.43. The lowest BCUT2D eigenvalue weighted by molar-refractivity contribution is -0.142. The number of nitrogens with one attached hydrogen (secondary N) is 1. The molecule has 35 heavy (non-hydrogen) atoms. The van der Waals surface area contributed by atoms with Gasteiger partial charge >= 0.3 is 12.1 Å². The third kappa shape index (κ3) is 3.96. The molecule has 10 heteroatoms. The molecule has 0 spiro atoms. The van der Waals surface area contributed by atoms with Gasteiger partial charge in [-0.1, -0.05) is 12.1 Å². The molecule has 4 aromatic rings. The number of ether oxygens (including phenoxy) is 1. The van der Waals surface area contributed by atoms with Crippen LogP contribution in [0.5, 0.6) is 0 Å². The molecule has 0 saturated heterocycles. The van der Waals surface area contributed by atoms with E-state index in [9.17, 15) is 22.8 Å². The highest BCUT2D eigenvalue weighted by atomic mass is 19.4. The normalized spacial score (nSPS) is 12.6. The SMILES string of the molecule is COC(=O)c1ccccc1NC(=O)c1ccc(-n2nc(C(F)(F)F)c3c2-c2ccoc2CC3)cc1. The molecule has 7 nitrogen and oxygen atoms in total. The van der Waals surface area contributed by atoms with Crippen LogP contribution in [0, 0.1) is 0 Å². The van der Waals surface area contributed by atoms with Crippen LogP contribution in [0.15, 0.2) is 65.3 Å². The molecule has 0 saturated carbocycles. The van der Waals surface area contributed by atoms with Crippen LogP contribution in [0.1, 0.15) is 37.7 Å². The molecule has 0 aliphatic heterocycles. The Morgan fingerprint density at radius 3 is 2.51 bits per heavy atom. The van der Waals surface area contributed by atoms with E-state index in [1.165, 1.54) is 48.4 Å². The highest BCUT2D eigenvalue weighted by Crippen LogP contribution is 2.42. The molecule has 0 bridgehead atoms. The van der Waals surface area contributed by atoms with E-state index in [1.807, 2.05) is 0 Å². The van der Waals surface area contributed by atoms with E-state index in [0.717, 1.165) is 0 Å². The van der Waals surface area contributed by atoms with Crippen LogP contribution in [0.2, 0.25) is 0 Å². The van der Waals surface area contributed by atoms with Crippen molar-refractivity contribution in [1.82, 2.24) is 9.78 Å². The van der Waals surface area contributed by atoms with Gasteiger partial charge in [0.25, 0.3) is 5.91 Å². The first-order valence-electron chi connectivity index (χ1n) is 10.6. The topological polar surface area (TPSA) is 86.4 Å². The number of para-hydroxylation sites is 1. The summed E-state index contributed by atoms with van der Waals surface area (Å²) < 4.78 is 52.5. The number of esters is 1. The number of fused-ring (bicyclic) bond motifs is 3. The van der Waals surface area contributed by atoms with Gasteiger partial charge in [-0.3, -0.25) is 4.79 Å². The molecule has 0 radical (unpaired) electrons. The summed E-state index contributed by atoms with van der Waals surface area (Å²) in [5.74, 6) is -0.491. The average Bonchev–Trinajstić information content (AvgIpc) is 3.48. The molecular weight excluding hydrogens is 463 g/mol. The van der Waals surface area contributed by atoms with E-state index in [-0.39, 0.29) is 28.8 Å². The fraction of sp³-hybridized carbons (Fsp3) is 0.160. The second-order valence-electron chi connectivity index (χ2n) is 7.88. The minimum atomic E-state index is -4.61. The highest BCUT2D eigenvalue weighted by Gasteiger charge is 2.41. The first-order chi connectivity index (χ1) is 16.8. The van der Waals surface area contributed by atoms with Crippen LogP contribution in [-0.2, 0) is 23.8 Å². The van der Waals surface area contributed by atoms with Crippen LogP contribution in [0.4, 0.5) is 18.9 Å². The zero-order valence-electron chi connectivity index (χ0n) is 18.3. The van der Waals surface area contributed by atoms with Crippen LogP contribution < -0.4 is 5.32 Å². The van der Waals surface area contributed by atoms with Gasteiger partial charge in [0.05, 0.1) is 36.0 Å². The van der Waals surface area contributed by atoms with Crippen molar-refractivity contribution in [3.8, 4) is 16.9 Å². The number of carbonyl (C=O) groups excluding carboxylic acids is 2. The summed E-state index contributed by atoms with van der Waals surface area (Å²) in [5, 5.41) is 6.55. The Morgan fingerprint density at radius 2 is 1.80 bits per heavy atom. The van der Waals surface area contributed by atoms with Gasteiger partial charge in [0, 0.05) is 23.1 Å². The molecular formula is C25H18F3N3O4. The Balaban J connectivity index is 1.48. The summed E-state index contributed by atoms with van der Waals surface area (Å²) in [4.78, 5) is 24.7. The molecule has 178 valence electrons. The van der Waals surface area contributed by atoms with Gasteiger partial charge in [0.2, 0.25) is 0 Å². The number of nitrogens with zero attached hydrogens (tertiary/aromatic N) is 2. The fourth-order valence-corrected chi connectivity index (χ4v) is 4.19. The average molecular weight is 481 g/mol. The number of furan rings is 1. The van der Waals surface area contributed by atoms with E-state index in [4.69, 9.17) is 9.15 Å². The summed E-state index contributed by atoms with van der Waals surface area (Å²) in [6, 6.07) is 14.0. The maximum absolute atomic E-state index is 13.7. The van der Waals surface area contributed by atoms with Gasteiger partial charge in [-0.05, 0) is 48.9 Å². The number of carbonyl (C=O) groups is 2. The van der Waals surface area contributed by atoms with Crippen LogP contribution >= 0.6 is 0 Å². The van der Waals surface area contributed by atoms with Crippen LogP contribution in [-0.4, -0.2) is 28.8 Å². The number of aryl methyl sites for hydroxylation is 1. The lowest BCUT2D eigenvalue weighted by Crippen LogP contribution is -2.15. The first-order valence-corrected chi connectivity index (χ1v) is 10.6. The minimum Gasteiger partial charge on any atom is -0.469 e. The van der Waals surface area contributed by atoms with Crippen molar-refractivity contribution in [3.05, 3.63) is 89.0 Å². The largest absolute Gasteiger partial charge is 0.469 e. The zero-order valence-corrected chi connectivity index (χ0v) is 18.3. The lowest BCUT2D eigenvalue weighted by Gasteiger charge is -2.15. The van der Waals surface area contributed by atoms with Gasteiger partial charge in [-0.25, -0.2) is 9.48 Å². The van der Waals surface area contributed by atoms with Gasteiger partial charge < -0.3 is 14.5 Å². The number of aromatic nitrogens is 2. The molecule has 1 aliphatic carbocycles. The number of alkyl halides is 3. The number of hydrogen-bond donors (Lipinski definition) is 1. The number of rotatable bonds is 4. The van der Waals surface area contributed by atoms with Crippen molar-refractivity contribution >= 4 is 17.6 Å². The Labute approximate surface area is 197 Å². The second-order valence-corrected chi connectivity index (χ2v) is 7.88. The molecule has 1 aliphatic rings. The Hall–Kier alpha value is -4.34. The molecule has 1 N–H and O–H groups in total. The summed E-state index contributed by atoms with van der Waals surface area (Å²) >= 11 is 0. The molecule has 0 atom stereocenters.